The van der Waals surface area contributed by atoms with Gasteiger partial charge in [-0.1, -0.05) is 23.8 Å². The second kappa shape index (κ2) is 7.14. The number of hydrogen-bond acceptors (Lipinski definition) is 1. The summed E-state index contributed by atoms with van der Waals surface area (Å²) in [6, 6.07) is 7.21. The van der Waals surface area contributed by atoms with E-state index in [9.17, 15) is 0 Å². The first-order valence-electron chi connectivity index (χ1n) is 6.30. The van der Waals surface area contributed by atoms with Gasteiger partial charge in [0.1, 0.15) is 0 Å². The molecule has 0 heterocycles. The second-order valence-electron chi connectivity index (χ2n) is 4.59. The van der Waals surface area contributed by atoms with E-state index in [0.717, 1.165) is 19.3 Å². The molecule has 1 aromatic rings. The molecule has 0 saturated carbocycles. The van der Waals surface area contributed by atoms with Crippen molar-refractivity contribution in [3.05, 3.63) is 34.9 Å². The molecule has 92 valence electrons. The Balaban J connectivity index is 2.65. The number of likely N-dealkylation sites (N-methyl/N-ethyl adjacent to an activating group) is 1. The van der Waals surface area contributed by atoms with Crippen molar-refractivity contribution in [1.29, 1.82) is 0 Å². The molecule has 0 spiro atoms. The van der Waals surface area contributed by atoms with Crippen LogP contribution in [-0.4, -0.2) is 13.1 Å². The fraction of sp³-hybridized carbons (Fsp3) is 0.500. The Bertz CT molecular complexity index is 409. The summed E-state index contributed by atoms with van der Waals surface area (Å²) in [7, 11) is 2.04. The SMILES string of the molecule is CC#CCCC(Cc1cc(C)ccc1C)NC. The first-order chi connectivity index (χ1) is 8.17. The van der Waals surface area contributed by atoms with Crippen molar-refractivity contribution >= 4 is 0 Å². The largest absolute Gasteiger partial charge is 0.317 e. The summed E-state index contributed by atoms with van der Waals surface area (Å²) in [5, 5.41) is 3.39. The van der Waals surface area contributed by atoms with E-state index in [1.54, 1.807) is 0 Å². The fourth-order valence-corrected chi connectivity index (χ4v) is 2.01. The molecule has 1 N–H and O–H groups in total. The van der Waals surface area contributed by atoms with Crippen LogP contribution < -0.4 is 5.32 Å². The van der Waals surface area contributed by atoms with Crippen molar-refractivity contribution in [2.75, 3.05) is 7.05 Å². The standard InChI is InChI=1S/C16H23N/c1-5-6-7-8-16(17-4)12-15-11-13(2)9-10-14(15)3/h9-11,16-17H,7-8,12H2,1-4H3. The highest BCUT2D eigenvalue weighted by Gasteiger charge is 2.08. The molecule has 0 aliphatic heterocycles. The lowest BCUT2D eigenvalue weighted by atomic mass is 9.97. The van der Waals surface area contributed by atoms with E-state index in [-0.39, 0.29) is 0 Å². The van der Waals surface area contributed by atoms with E-state index in [1.807, 2.05) is 14.0 Å². The predicted molar refractivity (Wildman–Crippen MR) is 75.2 cm³/mol. The molecular weight excluding hydrogens is 206 g/mol. The second-order valence-corrected chi connectivity index (χ2v) is 4.59. The van der Waals surface area contributed by atoms with Crippen LogP contribution in [0.2, 0.25) is 0 Å². The maximum absolute atomic E-state index is 3.39. The highest BCUT2D eigenvalue weighted by Crippen LogP contribution is 2.14. The van der Waals surface area contributed by atoms with Crippen molar-refractivity contribution in [3.8, 4) is 11.8 Å². The van der Waals surface area contributed by atoms with Gasteiger partial charge < -0.3 is 5.32 Å². The Labute approximate surface area is 106 Å². The van der Waals surface area contributed by atoms with Gasteiger partial charge in [-0.25, -0.2) is 0 Å². The van der Waals surface area contributed by atoms with Crippen LogP contribution in [0.1, 0.15) is 36.5 Å². The lowest BCUT2D eigenvalue weighted by molar-refractivity contribution is 0.526. The van der Waals surface area contributed by atoms with E-state index < -0.39 is 0 Å². The maximum atomic E-state index is 3.39. The average molecular weight is 229 g/mol. The quantitative estimate of drug-likeness (QED) is 0.764. The van der Waals surface area contributed by atoms with Gasteiger partial charge in [0.15, 0.2) is 0 Å². The van der Waals surface area contributed by atoms with E-state index >= 15 is 0 Å². The first kappa shape index (κ1) is 13.8. The summed E-state index contributed by atoms with van der Waals surface area (Å²) in [4.78, 5) is 0. The number of nitrogens with one attached hydrogen (secondary N) is 1. The monoisotopic (exact) mass is 229 g/mol. The van der Waals surface area contributed by atoms with Gasteiger partial charge in [0.25, 0.3) is 0 Å². The third kappa shape index (κ3) is 4.63. The molecule has 17 heavy (non-hydrogen) atoms. The summed E-state index contributed by atoms with van der Waals surface area (Å²) < 4.78 is 0. The molecule has 0 aliphatic rings. The molecule has 1 unspecified atom stereocenters. The molecule has 0 bridgehead atoms. The van der Waals surface area contributed by atoms with Gasteiger partial charge in [-0.3, -0.25) is 0 Å². The van der Waals surface area contributed by atoms with Crippen molar-refractivity contribution in [1.82, 2.24) is 5.32 Å². The average Bonchev–Trinajstić information content (AvgIpc) is 2.32. The van der Waals surface area contributed by atoms with Crippen LogP contribution in [0.3, 0.4) is 0 Å². The topological polar surface area (TPSA) is 12.0 Å². The molecule has 0 fully saturated rings. The third-order valence-electron chi connectivity index (χ3n) is 3.17. The summed E-state index contributed by atoms with van der Waals surface area (Å²) in [6.07, 6.45) is 3.19. The number of hydrogen-bond donors (Lipinski definition) is 1. The molecule has 0 radical (unpaired) electrons. The van der Waals surface area contributed by atoms with Gasteiger partial charge in [0.05, 0.1) is 0 Å². The molecule has 1 aromatic carbocycles. The molecular formula is C16H23N. The number of benzene rings is 1. The normalized spacial score (nSPS) is 11.8. The lowest BCUT2D eigenvalue weighted by Crippen LogP contribution is -2.27. The van der Waals surface area contributed by atoms with E-state index in [1.165, 1.54) is 16.7 Å². The van der Waals surface area contributed by atoms with Crippen molar-refractivity contribution in [2.24, 2.45) is 0 Å². The molecule has 0 aromatic heterocycles. The molecule has 1 atom stereocenters. The van der Waals surface area contributed by atoms with E-state index in [0.29, 0.717) is 6.04 Å². The maximum Gasteiger partial charge on any atom is 0.0114 e. The first-order valence-corrected chi connectivity index (χ1v) is 6.30. The van der Waals surface area contributed by atoms with Crippen LogP contribution in [0.25, 0.3) is 0 Å². The Morgan fingerprint density at radius 1 is 1.29 bits per heavy atom. The van der Waals surface area contributed by atoms with Crippen LogP contribution in [0.15, 0.2) is 18.2 Å². The minimum Gasteiger partial charge on any atom is -0.317 e. The highest BCUT2D eigenvalue weighted by atomic mass is 14.9. The van der Waals surface area contributed by atoms with Crippen LogP contribution in [0.4, 0.5) is 0 Å². The summed E-state index contributed by atoms with van der Waals surface area (Å²) in [6.45, 7) is 6.24. The fourth-order valence-electron chi connectivity index (χ4n) is 2.01. The Morgan fingerprint density at radius 2 is 2.06 bits per heavy atom. The molecule has 0 saturated heterocycles. The zero-order chi connectivity index (χ0) is 12.7. The lowest BCUT2D eigenvalue weighted by Gasteiger charge is -2.16. The minimum absolute atomic E-state index is 0.524. The van der Waals surface area contributed by atoms with Gasteiger partial charge in [-0.2, -0.15) is 0 Å². The third-order valence-corrected chi connectivity index (χ3v) is 3.17. The van der Waals surface area contributed by atoms with Crippen molar-refractivity contribution in [2.45, 2.75) is 46.1 Å². The van der Waals surface area contributed by atoms with E-state index in [4.69, 9.17) is 0 Å². The Kier molecular flexibility index (Phi) is 5.80. The summed E-state index contributed by atoms with van der Waals surface area (Å²) >= 11 is 0. The smallest absolute Gasteiger partial charge is 0.0114 e. The zero-order valence-corrected chi connectivity index (χ0v) is 11.4. The summed E-state index contributed by atoms with van der Waals surface area (Å²) in [5.74, 6) is 6.09. The van der Waals surface area contributed by atoms with Crippen LogP contribution in [0.5, 0.6) is 0 Å². The Hall–Kier alpha value is -1.26. The van der Waals surface area contributed by atoms with Gasteiger partial charge >= 0.3 is 0 Å². The minimum atomic E-state index is 0.524. The van der Waals surface area contributed by atoms with Crippen LogP contribution in [-0.2, 0) is 6.42 Å². The molecule has 0 aliphatic carbocycles. The van der Waals surface area contributed by atoms with Gasteiger partial charge in [0.2, 0.25) is 0 Å². The van der Waals surface area contributed by atoms with Gasteiger partial charge in [0, 0.05) is 12.5 Å². The van der Waals surface area contributed by atoms with Crippen molar-refractivity contribution < 1.29 is 0 Å². The number of rotatable bonds is 5. The number of aryl methyl sites for hydroxylation is 2. The van der Waals surface area contributed by atoms with E-state index in [2.05, 4.69) is 49.2 Å². The van der Waals surface area contributed by atoms with Crippen LogP contribution >= 0.6 is 0 Å². The summed E-state index contributed by atoms with van der Waals surface area (Å²) in [5.41, 5.74) is 4.18. The molecule has 1 rings (SSSR count). The van der Waals surface area contributed by atoms with Gasteiger partial charge in [-0.05, 0) is 51.8 Å². The molecule has 0 amide bonds. The van der Waals surface area contributed by atoms with Crippen molar-refractivity contribution in [3.63, 3.8) is 0 Å². The highest BCUT2D eigenvalue weighted by molar-refractivity contribution is 5.31. The zero-order valence-electron chi connectivity index (χ0n) is 11.4. The van der Waals surface area contributed by atoms with Crippen LogP contribution in [0, 0.1) is 25.7 Å². The molecule has 1 heteroatoms. The predicted octanol–water partition coefficient (Wildman–Crippen LogP) is 3.24. The van der Waals surface area contributed by atoms with Gasteiger partial charge in [-0.15, -0.1) is 11.8 Å². The Morgan fingerprint density at radius 3 is 2.71 bits per heavy atom. The molecule has 1 nitrogen and oxygen atoms in total.